The van der Waals surface area contributed by atoms with E-state index in [1.165, 1.54) is 0 Å². The fraction of sp³-hybridized carbons (Fsp3) is 0.385. The number of nitrogens with zero attached hydrogens (tertiary/aromatic N) is 2. The number of amidine groups is 1. The van der Waals surface area contributed by atoms with Crippen molar-refractivity contribution in [1.82, 2.24) is 0 Å². The Bertz CT molecular complexity index is 456. The number of anilines is 1. The maximum Gasteiger partial charge on any atom is 0.176 e. The van der Waals surface area contributed by atoms with Gasteiger partial charge in [0.05, 0.1) is 6.61 Å². The van der Waals surface area contributed by atoms with Gasteiger partial charge in [0.15, 0.2) is 5.11 Å². The van der Waals surface area contributed by atoms with Crippen LogP contribution in [0.2, 0.25) is 0 Å². The third-order valence-corrected chi connectivity index (χ3v) is 2.92. The molecule has 18 heavy (non-hydrogen) atoms. The molecule has 1 heterocycles. The SMILES string of the molecule is CCOc1ccc(N(C(N)=S)C2=NCCC2)cc1. The lowest BCUT2D eigenvalue weighted by Gasteiger charge is -2.22. The van der Waals surface area contributed by atoms with E-state index in [1.54, 1.807) is 0 Å². The van der Waals surface area contributed by atoms with E-state index >= 15 is 0 Å². The van der Waals surface area contributed by atoms with E-state index < -0.39 is 0 Å². The average molecular weight is 263 g/mol. The first-order valence-corrected chi connectivity index (χ1v) is 6.49. The summed E-state index contributed by atoms with van der Waals surface area (Å²) in [5.41, 5.74) is 6.73. The van der Waals surface area contributed by atoms with Crippen LogP contribution in [0.3, 0.4) is 0 Å². The molecule has 0 fully saturated rings. The Labute approximate surface area is 112 Å². The first-order valence-electron chi connectivity index (χ1n) is 6.08. The van der Waals surface area contributed by atoms with Crippen molar-refractivity contribution in [3.8, 4) is 5.75 Å². The lowest BCUT2D eigenvalue weighted by Crippen LogP contribution is -2.39. The molecule has 0 spiro atoms. The highest BCUT2D eigenvalue weighted by atomic mass is 32.1. The fourth-order valence-electron chi connectivity index (χ4n) is 1.97. The van der Waals surface area contributed by atoms with E-state index in [9.17, 15) is 0 Å². The van der Waals surface area contributed by atoms with Gasteiger partial charge in [-0.05, 0) is 49.8 Å². The van der Waals surface area contributed by atoms with Crippen LogP contribution in [0, 0.1) is 0 Å². The zero-order chi connectivity index (χ0) is 13.0. The second-order valence-electron chi connectivity index (χ2n) is 4.00. The molecule has 0 unspecified atom stereocenters. The van der Waals surface area contributed by atoms with E-state index in [0.717, 1.165) is 36.7 Å². The minimum absolute atomic E-state index is 0.333. The van der Waals surface area contributed by atoms with Gasteiger partial charge in [0, 0.05) is 18.7 Å². The molecule has 4 nitrogen and oxygen atoms in total. The van der Waals surface area contributed by atoms with E-state index in [1.807, 2.05) is 36.1 Å². The van der Waals surface area contributed by atoms with E-state index in [0.29, 0.717) is 11.7 Å². The van der Waals surface area contributed by atoms with Gasteiger partial charge < -0.3 is 10.5 Å². The van der Waals surface area contributed by atoms with Crippen LogP contribution in [-0.2, 0) is 0 Å². The molecule has 0 amide bonds. The van der Waals surface area contributed by atoms with E-state index in [2.05, 4.69) is 4.99 Å². The largest absolute Gasteiger partial charge is 0.494 e. The quantitative estimate of drug-likeness (QED) is 0.850. The molecule has 0 radical (unpaired) electrons. The molecule has 1 aliphatic heterocycles. The number of aliphatic imine (C=N–C) groups is 1. The molecule has 0 atom stereocenters. The van der Waals surface area contributed by atoms with Gasteiger partial charge in [-0.3, -0.25) is 9.89 Å². The summed E-state index contributed by atoms with van der Waals surface area (Å²) in [6.45, 7) is 3.47. The second-order valence-corrected chi connectivity index (χ2v) is 4.42. The van der Waals surface area contributed by atoms with Gasteiger partial charge in [0.1, 0.15) is 11.6 Å². The summed E-state index contributed by atoms with van der Waals surface area (Å²) >= 11 is 5.11. The molecular formula is C13H17N3OS. The van der Waals surface area contributed by atoms with Crippen molar-refractivity contribution in [2.45, 2.75) is 19.8 Å². The third-order valence-electron chi connectivity index (χ3n) is 2.74. The van der Waals surface area contributed by atoms with Crippen molar-refractivity contribution < 1.29 is 4.74 Å². The molecule has 1 aromatic rings. The number of hydrogen-bond donors (Lipinski definition) is 1. The number of benzene rings is 1. The van der Waals surface area contributed by atoms with Crippen LogP contribution in [0.5, 0.6) is 5.75 Å². The molecule has 0 saturated carbocycles. The summed E-state index contributed by atoms with van der Waals surface area (Å²) in [6.07, 6.45) is 1.98. The van der Waals surface area contributed by atoms with E-state index in [4.69, 9.17) is 22.7 Å². The monoisotopic (exact) mass is 263 g/mol. The maximum absolute atomic E-state index is 5.79. The first-order chi connectivity index (χ1) is 8.72. The Morgan fingerprint density at radius 1 is 1.44 bits per heavy atom. The Hall–Kier alpha value is -1.62. The van der Waals surface area contributed by atoms with Gasteiger partial charge in [-0.1, -0.05) is 0 Å². The minimum atomic E-state index is 0.333. The summed E-state index contributed by atoms with van der Waals surface area (Å²) < 4.78 is 5.41. The van der Waals surface area contributed by atoms with Crippen LogP contribution >= 0.6 is 12.2 Å². The highest BCUT2D eigenvalue weighted by Gasteiger charge is 2.19. The standard InChI is InChI=1S/C13H17N3OS/c1-2-17-11-7-5-10(6-8-11)16(13(14)18)12-4-3-9-15-12/h5-8H,2-4,9H2,1H3,(H2,14,18). The number of nitrogens with two attached hydrogens (primary N) is 1. The van der Waals surface area contributed by atoms with Gasteiger partial charge in [-0.2, -0.15) is 0 Å². The van der Waals surface area contributed by atoms with Crippen molar-refractivity contribution in [1.29, 1.82) is 0 Å². The highest BCUT2D eigenvalue weighted by molar-refractivity contribution is 7.80. The van der Waals surface area contributed by atoms with Crippen molar-refractivity contribution in [2.24, 2.45) is 10.7 Å². The first kappa shape index (κ1) is 12.8. The molecule has 0 aromatic heterocycles. The van der Waals surface area contributed by atoms with Crippen LogP contribution in [0.15, 0.2) is 29.3 Å². The third kappa shape index (κ3) is 2.79. The van der Waals surface area contributed by atoms with Gasteiger partial charge in [0.2, 0.25) is 0 Å². The maximum atomic E-state index is 5.79. The Balaban J connectivity index is 2.23. The minimum Gasteiger partial charge on any atom is -0.494 e. The zero-order valence-electron chi connectivity index (χ0n) is 10.4. The van der Waals surface area contributed by atoms with Gasteiger partial charge in [-0.15, -0.1) is 0 Å². The number of hydrogen-bond acceptors (Lipinski definition) is 3. The van der Waals surface area contributed by atoms with Crippen LogP contribution in [0.1, 0.15) is 19.8 Å². The van der Waals surface area contributed by atoms with Crippen molar-refractivity contribution >= 4 is 28.9 Å². The molecule has 2 N–H and O–H groups in total. The van der Waals surface area contributed by atoms with Crippen molar-refractivity contribution in [3.05, 3.63) is 24.3 Å². The second kappa shape index (κ2) is 5.82. The lowest BCUT2D eigenvalue weighted by molar-refractivity contribution is 0.340. The Morgan fingerprint density at radius 2 is 2.17 bits per heavy atom. The van der Waals surface area contributed by atoms with Crippen LogP contribution in [0.25, 0.3) is 0 Å². The molecule has 5 heteroatoms. The Morgan fingerprint density at radius 3 is 2.67 bits per heavy atom. The molecule has 96 valence electrons. The Kier molecular flexibility index (Phi) is 4.15. The number of rotatable bonds is 3. The average Bonchev–Trinajstić information content (AvgIpc) is 2.85. The summed E-state index contributed by atoms with van der Waals surface area (Å²) in [6, 6.07) is 7.73. The van der Waals surface area contributed by atoms with Gasteiger partial charge in [-0.25, -0.2) is 0 Å². The number of thiocarbonyl (C=S) groups is 1. The predicted molar refractivity (Wildman–Crippen MR) is 78.4 cm³/mol. The zero-order valence-corrected chi connectivity index (χ0v) is 11.2. The highest BCUT2D eigenvalue weighted by Crippen LogP contribution is 2.22. The molecule has 0 saturated heterocycles. The lowest BCUT2D eigenvalue weighted by atomic mass is 10.2. The molecule has 1 aromatic carbocycles. The van der Waals surface area contributed by atoms with Crippen molar-refractivity contribution in [2.75, 3.05) is 18.1 Å². The topological polar surface area (TPSA) is 50.9 Å². The molecule has 0 bridgehead atoms. The normalized spacial score (nSPS) is 14.2. The summed E-state index contributed by atoms with van der Waals surface area (Å²) in [5, 5.41) is 0.333. The van der Waals surface area contributed by atoms with Crippen LogP contribution in [0.4, 0.5) is 5.69 Å². The number of ether oxygens (including phenoxy) is 1. The predicted octanol–water partition coefficient (Wildman–Crippen LogP) is 2.33. The van der Waals surface area contributed by atoms with Gasteiger partial charge in [0.25, 0.3) is 0 Å². The molecule has 0 aliphatic carbocycles. The summed E-state index contributed by atoms with van der Waals surface area (Å²) in [5.74, 6) is 1.80. The van der Waals surface area contributed by atoms with Gasteiger partial charge >= 0.3 is 0 Å². The van der Waals surface area contributed by atoms with E-state index in [-0.39, 0.29) is 0 Å². The molecule has 1 aliphatic rings. The van der Waals surface area contributed by atoms with Crippen molar-refractivity contribution in [3.63, 3.8) is 0 Å². The molecular weight excluding hydrogens is 246 g/mol. The summed E-state index contributed by atoms with van der Waals surface area (Å²) in [7, 11) is 0. The molecule has 2 rings (SSSR count). The smallest absolute Gasteiger partial charge is 0.176 e. The fourth-order valence-corrected chi connectivity index (χ4v) is 2.18. The summed E-state index contributed by atoms with van der Waals surface area (Å²) in [4.78, 5) is 6.27. The van der Waals surface area contributed by atoms with Crippen LogP contribution < -0.4 is 15.4 Å². The van der Waals surface area contributed by atoms with Crippen LogP contribution in [-0.4, -0.2) is 24.1 Å².